The Morgan fingerprint density at radius 3 is 2.42 bits per heavy atom. The van der Waals surface area contributed by atoms with Gasteiger partial charge in [0.2, 0.25) is 5.60 Å². The van der Waals surface area contributed by atoms with Gasteiger partial charge in [0.1, 0.15) is 5.75 Å². The molecule has 0 radical (unpaired) electrons. The van der Waals surface area contributed by atoms with Gasteiger partial charge in [-0.25, -0.2) is 0 Å². The summed E-state index contributed by atoms with van der Waals surface area (Å²) in [7, 11) is 1.22. The number of aliphatic hydroxyl groups is 1. The summed E-state index contributed by atoms with van der Waals surface area (Å²) in [5.74, 6) is -2.32. The van der Waals surface area contributed by atoms with Crippen molar-refractivity contribution in [3.8, 4) is 5.75 Å². The van der Waals surface area contributed by atoms with Gasteiger partial charge in [-0.2, -0.15) is 26.3 Å². The summed E-state index contributed by atoms with van der Waals surface area (Å²) >= 11 is 0.807. The van der Waals surface area contributed by atoms with E-state index < -0.39 is 40.4 Å². The second kappa shape index (κ2) is 6.86. The summed E-state index contributed by atoms with van der Waals surface area (Å²) in [6, 6.07) is 6.56. The standard InChI is InChI=1S/C20H11F6NO3S/c1-30-9-4-5-14-12(7-9)18(29,20(24,25)26)13-8-11(17(28)19(21,22)23)10-3-2-6-27-15(10)16(13)31-14/h2-8,29H,1H3. The Balaban J connectivity index is 2.14. The maximum absolute atomic E-state index is 14.3. The van der Waals surface area contributed by atoms with Crippen molar-refractivity contribution in [2.75, 3.05) is 7.11 Å². The monoisotopic (exact) mass is 459 g/mol. The number of carbonyl (C=O) groups is 1. The number of methoxy groups -OCH3 is 1. The van der Waals surface area contributed by atoms with Gasteiger partial charge in [0.05, 0.1) is 12.6 Å². The second-order valence-electron chi connectivity index (χ2n) is 6.70. The van der Waals surface area contributed by atoms with E-state index in [0.717, 1.165) is 17.8 Å². The quantitative estimate of drug-likeness (QED) is 0.419. The number of aromatic nitrogens is 1. The molecule has 2 heterocycles. The number of rotatable bonds is 2. The van der Waals surface area contributed by atoms with Crippen molar-refractivity contribution >= 4 is 28.4 Å². The zero-order valence-corrected chi connectivity index (χ0v) is 16.2. The molecule has 162 valence electrons. The predicted molar refractivity (Wildman–Crippen MR) is 98.3 cm³/mol. The van der Waals surface area contributed by atoms with E-state index in [1.54, 1.807) is 0 Å². The molecule has 4 rings (SSSR count). The molecule has 0 amide bonds. The van der Waals surface area contributed by atoms with Crippen molar-refractivity contribution in [1.82, 2.24) is 4.98 Å². The molecule has 0 spiro atoms. The lowest BCUT2D eigenvalue weighted by Crippen LogP contribution is -2.45. The third kappa shape index (κ3) is 3.14. The highest BCUT2D eigenvalue weighted by atomic mass is 32.2. The van der Waals surface area contributed by atoms with Crippen LogP contribution in [0.4, 0.5) is 26.3 Å². The van der Waals surface area contributed by atoms with Gasteiger partial charge in [-0.1, -0.05) is 17.8 Å². The van der Waals surface area contributed by atoms with Gasteiger partial charge in [-0.05, 0) is 30.3 Å². The Labute approximate surface area is 174 Å². The van der Waals surface area contributed by atoms with Gasteiger partial charge in [0, 0.05) is 38.1 Å². The topological polar surface area (TPSA) is 59.4 Å². The maximum Gasteiger partial charge on any atom is 0.454 e. The first-order valence-electron chi connectivity index (χ1n) is 8.58. The molecule has 2 aromatic carbocycles. The fourth-order valence-corrected chi connectivity index (χ4v) is 4.75. The molecule has 1 aliphatic heterocycles. The van der Waals surface area contributed by atoms with Crippen LogP contribution in [0.2, 0.25) is 0 Å². The highest BCUT2D eigenvalue weighted by Crippen LogP contribution is 2.57. The second-order valence-corrected chi connectivity index (χ2v) is 7.75. The van der Waals surface area contributed by atoms with Gasteiger partial charge in [-0.3, -0.25) is 9.78 Å². The van der Waals surface area contributed by atoms with Crippen molar-refractivity contribution < 1.29 is 41.0 Å². The third-order valence-electron chi connectivity index (χ3n) is 4.94. The van der Waals surface area contributed by atoms with Gasteiger partial charge in [0.15, 0.2) is 0 Å². The fourth-order valence-electron chi connectivity index (χ4n) is 3.50. The van der Waals surface area contributed by atoms with Crippen LogP contribution in [0.15, 0.2) is 52.4 Å². The Morgan fingerprint density at radius 2 is 1.81 bits per heavy atom. The molecule has 3 aromatic rings. The first-order chi connectivity index (χ1) is 14.4. The zero-order chi connectivity index (χ0) is 22.8. The molecule has 1 N–H and O–H groups in total. The van der Waals surface area contributed by atoms with Crippen LogP contribution in [0.25, 0.3) is 10.9 Å². The first kappa shape index (κ1) is 21.4. The molecule has 0 aliphatic carbocycles. The van der Waals surface area contributed by atoms with Crippen molar-refractivity contribution in [3.63, 3.8) is 0 Å². The number of alkyl halides is 6. The minimum atomic E-state index is -5.34. The minimum absolute atomic E-state index is 0.0102. The Bertz CT molecular complexity index is 1220. The van der Waals surface area contributed by atoms with Crippen LogP contribution in [-0.4, -0.2) is 35.3 Å². The number of ketones is 1. The molecule has 31 heavy (non-hydrogen) atoms. The summed E-state index contributed by atoms with van der Waals surface area (Å²) in [6.07, 6.45) is -9.48. The van der Waals surface area contributed by atoms with Crippen LogP contribution in [0.3, 0.4) is 0 Å². The Hall–Kier alpha value is -2.79. The lowest BCUT2D eigenvalue weighted by atomic mass is 9.82. The highest BCUT2D eigenvalue weighted by molar-refractivity contribution is 7.99. The molecule has 0 saturated heterocycles. The maximum atomic E-state index is 14.3. The summed E-state index contributed by atoms with van der Waals surface area (Å²) in [5, 5.41) is 10.7. The van der Waals surface area contributed by atoms with E-state index >= 15 is 0 Å². The number of fused-ring (bicyclic) bond motifs is 4. The molecular weight excluding hydrogens is 448 g/mol. The molecule has 1 atom stereocenters. The average molecular weight is 459 g/mol. The highest BCUT2D eigenvalue weighted by Gasteiger charge is 2.60. The van der Waals surface area contributed by atoms with E-state index in [0.29, 0.717) is 6.07 Å². The van der Waals surface area contributed by atoms with Crippen molar-refractivity contribution in [2.24, 2.45) is 0 Å². The Kier molecular flexibility index (Phi) is 4.74. The van der Waals surface area contributed by atoms with Gasteiger partial charge in [0.25, 0.3) is 5.78 Å². The number of pyridine rings is 1. The number of hydrogen-bond acceptors (Lipinski definition) is 5. The number of ether oxygens (including phenoxy) is 1. The molecule has 11 heteroatoms. The van der Waals surface area contributed by atoms with Crippen LogP contribution < -0.4 is 4.74 Å². The number of hydrogen-bond donors (Lipinski definition) is 1. The van der Waals surface area contributed by atoms with E-state index in [2.05, 4.69) is 4.98 Å². The zero-order valence-electron chi connectivity index (χ0n) is 15.4. The smallest absolute Gasteiger partial charge is 0.454 e. The predicted octanol–water partition coefficient (Wildman–Crippen LogP) is 5.25. The normalized spacial score (nSPS) is 18.5. The van der Waals surface area contributed by atoms with E-state index in [9.17, 15) is 36.2 Å². The van der Waals surface area contributed by atoms with Crippen LogP contribution >= 0.6 is 11.8 Å². The van der Waals surface area contributed by atoms with Crippen LogP contribution in [0, 0.1) is 0 Å². The van der Waals surface area contributed by atoms with Gasteiger partial charge in [-0.15, -0.1) is 0 Å². The number of halogens is 6. The third-order valence-corrected chi connectivity index (χ3v) is 6.13. The molecule has 0 bridgehead atoms. The van der Waals surface area contributed by atoms with Gasteiger partial charge < -0.3 is 9.84 Å². The number of carbonyl (C=O) groups excluding carboxylic acids is 1. The van der Waals surface area contributed by atoms with Crippen LogP contribution in [-0.2, 0) is 5.60 Å². The van der Waals surface area contributed by atoms with Crippen molar-refractivity contribution in [3.05, 3.63) is 59.3 Å². The molecule has 1 aliphatic rings. The first-order valence-corrected chi connectivity index (χ1v) is 9.40. The van der Waals surface area contributed by atoms with Crippen LogP contribution in [0.1, 0.15) is 21.5 Å². The largest absolute Gasteiger partial charge is 0.497 e. The number of benzene rings is 2. The number of nitrogens with zero attached hydrogens (tertiary/aromatic N) is 1. The molecule has 0 saturated carbocycles. The molecule has 1 unspecified atom stereocenters. The SMILES string of the molecule is COc1ccc2c(c1)C(O)(C(F)(F)F)c1cc(C(=O)C(F)(F)F)c3cccnc3c1S2. The Morgan fingerprint density at radius 1 is 1.10 bits per heavy atom. The van der Waals surface area contributed by atoms with Crippen LogP contribution in [0.5, 0.6) is 5.75 Å². The molecule has 1 aromatic heterocycles. The summed E-state index contributed by atoms with van der Waals surface area (Å²) in [5.41, 5.74) is -6.48. The molecule has 0 fully saturated rings. The summed E-state index contributed by atoms with van der Waals surface area (Å²) < 4.78 is 87.3. The summed E-state index contributed by atoms with van der Waals surface area (Å²) in [6.45, 7) is 0. The summed E-state index contributed by atoms with van der Waals surface area (Å²) in [4.78, 5) is 15.8. The van der Waals surface area contributed by atoms with E-state index in [1.165, 1.54) is 37.6 Å². The fraction of sp³-hybridized carbons (Fsp3) is 0.200. The number of Topliss-reactive ketones (excluding diaryl/α,β-unsaturated/α-hetero) is 1. The lowest BCUT2D eigenvalue weighted by Gasteiger charge is -2.38. The van der Waals surface area contributed by atoms with Gasteiger partial charge >= 0.3 is 12.4 Å². The van der Waals surface area contributed by atoms with Crippen molar-refractivity contribution in [2.45, 2.75) is 27.7 Å². The van der Waals surface area contributed by atoms with E-state index in [-0.39, 0.29) is 26.4 Å². The van der Waals surface area contributed by atoms with Crippen molar-refractivity contribution in [1.29, 1.82) is 0 Å². The van der Waals surface area contributed by atoms with E-state index in [1.807, 2.05) is 0 Å². The average Bonchev–Trinajstić information content (AvgIpc) is 2.71. The molecule has 4 nitrogen and oxygen atoms in total. The molecular formula is C20H11F6NO3S. The van der Waals surface area contributed by atoms with E-state index in [4.69, 9.17) is 4.74 Å². The lowest BCUT2D eigenvalue weighted by molar-refractivity contribution is -0.250. The minimum Gasteiger partial charge on any atom is -0.497 e.